The topological polar surface area (TPSA) is 61.8 Å². The Morgan fingerprint density at radius 1 is 0.786 bits per heavy atom. The van der Waals surface area contributed by atoms with Crippen LogP contribution < -0.4 is 9.47 Å². The van der Waals surface area contributed by atoms with E-state index in [1.165, 1.54) is 14.2 Å². The fraction of sp³-hybridized carbons (Fsp3) is 0.130. The Bertz CT molecular complexity index is 962. The number of ether oxygens (including phenoxy) is 3. The average Bonchev–Trinajstić information content (AvgIpc) is 2.77. The van der Waals surface area contributed by atoms with Gasteiger partial charge in [0, 0.05) is 11.6 Å². The minimum atomic E-state index is -0.631. The van der Waals surface area contributed by atoms with Gasteiger partial charge in [-0.05, 0) is 23.3 Å². The molecular formula is C23H20O5. The molecule has 0 aromatic heterocycles. The predicted octanol–water partition coefficient (Wildman–Crippen LogP) is 4.41. The van der Waals surface area contributed by atoms with Crippen molar-refractivity contribution in [2.24, 2.45) is 0 Å². The fourth-order valence-corrected chi connectivity index (χ4v) is 2.74. The maximum absolute atomic E-state index is 12.4. The second-order valence-corrected chi connectivity index (χ2v) is 6.01. The first-order valence-corrected chi connectivity index (χ1v) is 8.70. The Labute approximate surface area is 163 Å². The highest BCUT2D eigenvalue weighted by molar-refractivity contribution is 6.00. The summed E-state index contributed by atoms with van der Waals surface area (Å²) in [7, 11) is 2.97. The Balaban J connectivity index is 1.65. The van der Waals surface area contributed by atoms with Crippen molar-refractivity contribution in [3.8, 4) is 22.6 Å². The monoisotopic (exact) mass is 376 g/mol. The third kappa shape index (κ3) is 4.38. The number of rotatable bonds is 7. The normalized spacial score (nSPS) is 10.2. The zero-order chi connectivity index (χ0) is 19.9. The molecule has 3 aromatic rings. The summed E-state index contributed by atoms with van der Waals surface area (Å²) in [4.78, 5) is 24.7. The molecule has 0 aliphatic carbocycles. The molecular weight excluding hydrogens is 356 g/mol. The van der Waals surface area contributed by atoms with E-state index in [0.29, 0.717) is 17.1 Å². The van der Waals surface area contributed by atoms with Crippen molar-refractivity contribution in [2.45, 2.75) is 0 Å². The van der Waals surface area contributed by atoms with Crippen LogP contribution in [-0.4, -0.2) is 32.6 Å². The molecule has 142 valence electrons. The van der Waals surface area contributed by atoms with Gasteiger partial charge in [0.25, 0.3) is 0 Å². The fourth-order valence-electron chi connectivity index (χ4n) is 2.74. The number of esters is 1. The maximum Gasteiger partial charge on any atom is 0.342 e. The van der Waals surface area contributed by atoms with Crippen molar-refractivity contribution >= 4 is 11.8 Å². The number of hydrogen-bond donors (Lipinski definition) is 0. The summed E-state index contributed by atoms with van der Waals surface area (Å²) in [5, 5.41) is 0. The second-order valence-electron chi connectivity index (χ2n) is 6.01. The second kappa shape index (κ2) is 8.86. The zero-order valence-corrected chi connectivity index (χ0v) is 15.7. The van der Waals surface area contributed by atoms with Gasteiger partial charge in [-0.25, -0.2) is 4.79 Å². The molecule has 0 bridgehead atoms. The third-order valence-electron chi connectivity index (χ3n) is 4.28. The van der Waals surface area contributed by atoms with E-state index in [9.17, 15) is 9.59 Å². The van der Waals surface area contributed by atoms with Crippen LogP contribution in [0.25, 0.3) is 11.1 Å². The van der Waals surface area contributed by atoms with Crippen molar-refractivity contribution in [1.82, 2.24) is 0 Å². The quantitative estimate of drug-likeness (QED) is 0.451. The summed E-state index contributed by atoms with van der Waals surface area (Å²) in [6, 6.07) is 21.8. The lowest BCUT2D eigenvalue weighted by molar-refractivity contribution is 0.0471. The van der Waals surface area contributed by atoms with Gasteiger partial charge in [0.15, 0.2) is 12.4 Å². The van der Waals surface area contributed by atoms with Gasteiger partial charge in [-0.3, -0.25) is 4.79 Å². The molecule has 0 aliphatic rings. The van der Waals surface area contributed by atoms with Crippen LogP contribution in [0.15, 0.2) is 72.8 Å². The van der Waals surface area contributed by atoms with E-state index in [-0.39, 0.29) is 18.0 Å². The molecule has 0 spiro atoms. The van der Waals surface area contributed by atoms with E-state index in [2.05, 4.69) is 0 Å². The van der Waals surface area contributed by atoms with Crippen LogP contribution in [0.5, 0.6) is 11.5 Å². The molecule has 0 saturated heterocycles. The van der Waals surface area contributed by atoms with E-state index in [4.69, 9.17) is 14.2 Å². The van der Waals surface area contributed by atoms with E-state index >= 15 is 0 Å². The Morgan fingerprint density at radius 2 is 1.46 bits per heavy atom. The maximum atomic E-state index is 12.4. The summed E-state index contributed by atoms with van der Waals surface area (Å²) in [5.41, 5.74) is 2.79. The van der Waals surface area contributed by atoms with Gasteiger partial charge in [0.2, 0.25) is 0 Å². The smallest absolute Gasteiger partial charge is 0.342 e. The molecule has 0 unspecified atom stereocenters. The summed E-state index contributed by atoms with van der Waals surface area (Å²) in [6.07, 6.45) is 0. The molecule has 5 nitrogen and oxygen atoms in total. The number of benzene rings is 3. The van der Waals surface area contributed by atoms with Gasteiger partial charge in [0.1, 0.15) is 17.1 Å². The molecule has 5 heteroatoms. The van der Waals surface area contributed by atoms with E-state index in [1.807, 2.05) is 42.5 Å². The highest BCUT2D eigenvalue weighted by Gasteiger charge is 2.17. The van der Waals surface area contributed by atoms with E-state index in [1.54, 1.807) is 30.3 Å². The van der Waals surface area contributed by atoms with Crippen LogP contribution >= 0.6 is 0 Å². The number of ketones is 1. The highest BCUT2D eigenvalue weighted by Crippen LogP contribution is 2.25. The van der Waals surface area contributed by atoms with Gasteiger partial charge < -0.3 is 14.2 Å². The number of carbonyl (C=O) groups excluding carboxylic acids is 2. The summed E-state index contributed by atoms with van der Waals surface area (Å²) < 4.78 is 15.5. The van der Waals surface area contributed by atoms with Crippen molar-refractivity contribution in [3.05, 3.63) is 83.9 Å². The number of methoxy groups -OCH3 is 2. The summed E-state index contributed by atoms with van der Waals surface area (Å²) >= 11 is 0. The van der Waals surface area contributed by atoms with Crippen LogP contribution in [0.3, 0.4) is 0 Å². The van der Waals surface area contributed by atoms with Gasteiger partial charge in [-0.1, -0.05) is 54.6 Å². The third-order valence-corrected chi connectivity index (χ3v) is 4.28. The summed E-state index contributed by atoms with van der Waals surface area (Å²) in [6.45, 7) is -0.349. The standard InChI is InChI=1S/C23H20O5/c1-26-19-12-13-20(22(14-19)27-2)23(25)28-15-21(24)18-10-8-17(9-11-18)16-6-4-3-5-7-16/h3-14H,15H2,1-2H3. The van der Waals surface area contributed by atoms with Crippen LogP contribution in [0.2, 0.25) is 0 Å². The van der Waals surface area contributed by atoms with Crippen molar-refractivity contribution in [3.63, 3.8) is 0 Å². The van der Waals surface area contributed by atoms with Gasteiger partial charge >= 0.3 is 5.97 Å². The number of hydrogen-bond acceptors (Lipinski definition) is 5. The molecule has 0 fully saturated rings. The van der Waals surface area contributed by atoms with Gasteiger partial charge in [-0.15, -0.1) is 0 Å². The molecule has 0 aliphatic heterocycles. The van der Waals surface area contributed by atoms with Crippen LogP contribution in [0.1, 0.15) is 20.7 Å². The predicted molar refractivity (Wildman–Crippen MR) is 106 cm³/mol. The van der Waals surface area contributed by atoms with Crippen LogP contribution in [0.4, 0.5) is 0 Å². The molecule has 0 atom stereocenters. The molecule has 0 heterocycles. The SMILES string of the molecule is COc1ccc(C(=O)OCC(=O)c2ccc(-c3ccccc3)cc2)c(OC)c1. The zero-order valence-electron chi connectivity index (χ0n) is 15.7. The lowest BCUT2D eigenvalue weighted by atomic mass is 10.0. The van der Waals surface area contributed by atoms with E-state index in [0.717, 1.165) is 11.1 Å². The molecule has 3 aromatic carbocycles. The molecule has 0 N–H and O–H groups in total. The minimum absolute atomic E-state index is 0.232. The van der Waals surface area contributed by atoms with Crippen molar-refractivity contribution < 1.29 is 23.8 Å². The molecule has 0 amide bonds. The molecule has 0 saturated carbocycles. The Morgan fingerprint density at radius 3 is 2.11 bits per heavy atom. The number of carbonyl (C=O) groups is 2. The largest absolute Gasteiger partial charge is 0.497 e. The minimum Gasteiger partial charge on any atom is -0.497 e. The molecule has 0 radical (unpaired) electrons. The Hall–Kier alpha value is -3.60. The van der Waals surface area contributed by atoms with Crippen molar-refractivity contribution in [1.29, 1.82) is 0 Å². The van der Waals surface area contributed by atoms with Crippen molar-refractivity contribution in [2.75, 3.05) is 20.8 Å². The van der Waals surface area contributed by atoms with Crippen LogP contribution in [0, 0.1) is 0 Å². The Kier molecular flexibility index (Phi) is 6.07. The van der Waals surface area contributed by atoms with Gasteiger partial charge in [-0.2, -0.15) is 0 Å². The lowest BCUT2D eigenvalue weighted by Gasteiger charge is -2.10. The first-order valence-electron chi connectivity index (χ1n) is 8.70. The molecule has 3 rings (SSSR count). The summed E-state index contributed by atoms with van der Waals surface area (Å²) in [5.74, 6) is -0.0267. The van der Waals surface area contributed by atoms with Crippen LogP contribution in [-0.2, 0) is 4.74 Å². The first kappa shape index (κ1) is 19.2. The lowest BCUT2D eigenvalue weighted by Crippen LogP contribution is -2.15. The first-order chi connectivity index (χ1) is 13.6. The number of Topliss-reactive ketones (excluding diaryl/α,β-unsaturated/α-hetero) is 1. The van der Waals surface area contributed by atoms with Gasteiger partial charge in [0.05, 0.1) is 14.2 Å². The highest BCUT2D eigenvalue weighted by atomic mass is 16.5. The average molecular weight is 376 g/mol. The molecule has 28 heavy (non-hydrogen) atoms. The van der Waals surface area contributed by atoms with E-state index < -0.39 is 5.97 Å².